The van der Waals surface area contributed by atoms with Crippen LogP contribution in [0.25, 0.3) is 0 Å². The van der Waals surface area contributed by atoms with Crippen molar-refractivity contribution in [2.45, 2.75) is 44.4 Å². The predicted molar refractivity (Wildman–Crippen MR) is 85.6 cm³/mol. The summed E-state index contributed by atoms with van der Waals surface area (Å²) in [6.45, 7) is 3.97. The standard InChI is InChI=1S/C17H28N2O2/c1-4-17(13-5-7-15(20-2)8-6-13)19-10-9-16(21-3)11-14(19)12-18/h5-8,14,16-17H,4,9-12,18H2,1-3H3. The van der Waals surface area contributed by atoms with Gasteiger partial charge in [-0.25, -0.2) is 0 Å². The topological polar surface area (TPSA) is 47.7 Å². The van der Waals surface area contributed by atoms with Gasteiger partial charge in [-0.1, -0.05) is 19.1 Å². The first-order chi connectivity index (χ1) is 10.2. The number of nitrogens with zero attached hydrogens (tertiary/aromatic N) is 1. The molecule has 1 aromatic carbocycles. The van der Waals surface area contributed by atoms with Gasteiger partial charge < -0.3 is 15.2 Å². The van der Waals surface area contributed by atoms with E-state index in [4.69, 9.17) is 15.2 Å². The maximum absolute atomic E-state index is 6.01. The first-order valence-corrected chi connectivity index (χ1v) is 7.86. The quantitative estimate of drug-likeness (QED) is 0.875. The normalized spacial score (nSPS) is 24.8. The van der Waals surface area contributed by atoms with E-state index < -0.39 is 0 Å². The summed E-state index contributed by atoms with van der Waals surface area (Å²) in [5.74, 6) is 0.905. The molecule has 1 saturated heterocycles. The van der Waals surface area contributed by atoms with Crippen molar-refractivity contribution >= 4 is 0 Å². The number of methoxy groups -OCH3 is 2. The van der Waals surface area contributed by atoms with Gasteiger partial charge in [-0.2, -0.15) is 0 Å². The van der Waals surface area contributed by atoms with Crippen molar-refractivity contribution in [3.05, 3.63) is 29.8 Å². The van der Waals surface area contributed by atoms with Gasteiger partial charge in [-0.05, 0) is 37.0 Å². The molecule has 1 fully saturated rings. The van der Waals surface area contributed by atoms with E-state index in [1.54, 1.807) is 14.2 Å². The van der Waals surface area contributed by atoms with Crippen molar-refractivity contribution < 1.29 is 9.47 Å². The lowest BCUT2D eigenvalue weighted by molar-refractivity contribution is -0.00555. The molecule has 0 spiro atoms. The molecule has 0 saturated carbocycles. The summed E-state index contributed by atoms with van der Waals surface area (Å²) >= 11 is 0. The molecule has 3 unspecified atom stereocenters. The number of hydrogen-bond acceptors (Lipinski definition) is 4. The van der Waals surface area contributed by atoms with Gasteiger partial charge in [0.05, 0.1) is 13.2 Å². The fourth-order valence-electron chi connectivity index (χ4n) is 3.38. The first-order valence-electron chi connectivity index (χ1n) is 7.86. The van der Waals surface area contributed by atoms with E-state index in [1.165, 1.54) is 5.56 Å². The maximum Gasteiger partial charge on any atom is 0.118 e. The van der Waals surface area contributed by atoms with Gasteiger partial charge in [0.1, 0.15) is 5.75 Å². The smallest absolute Gasteiger partial charge is 0.118 e. The molecule has 0 bridgehead atoms. The summed E-state index contributed by atoms with van der Waals surface area (Å²) in [7, 11) is 3.50. The van der Waals surface area contributed by atoms with Gasteiger partial charge in [-0.15, -0.1) is 0 Å². The second-order valence-corrected chi connectivity index (χ2v) is 5.71. The number of benzene rings is 1. The largest absolute Gasteiger partial charge is 0.497 e. The van der Waals surface area contributed by atoms with Gasteiger partial charge in [0.25, 0.3) is 0 Å². The Morgan fingerprint density at radius 2 is 2.00 bits per heavy atom. The highest BCUT2D eigenvalue weighted by atomic mass is 16.5. The number of hydrogen-bond donors (Lipinski definition) is 1. The molecule has 0 amide bonds. The third kappa shape index (κ3) is 3.76. The highest BCUT2D eigenvalue weighted by Gasteiger charge is 2.32. The second kappa shape index (κ2) is 7.78. The van der Waals surface area contributed by atoms with E-state index in [2.05, 4.69) is 24.0 Å². The van der Waals surface area contributed by atoms with Crippen LogP contribution in [0.4, 0.5) is 0 Å². The van der Waals surface area contributed by atoms with Crippen LogP contribution in [0.3, 0.4) is 0 Å². The summed E-state index contributed by atoms with van der Waals surface area (Å²) < 4.78 is 10.8. The molecular formula is C17H28N2O2. The van der Waals surface area contributed by atoms with Crippen LogP contribution in [0.15, 0.2) is 24.3 Å². The Hall–Kier alpha value is -1.10. The van der Waals surface area contributed by atoms with Crippen LogP contribution in [0.2, 0.25) is 0 Å². The molecule has 4 nitrogen and oxygen atoms in total. The lowest BCUT2D eigenvalue weighted by atomic mass is 9.93. The Bertz CT molecular complexity index is 421. The molecule has 1 heterocycles. The van der Waals surface area contributed by atoms with Crippen molar-refractivity contribution in [1.82, 2.24) is 4.90 Å². The van der Waals surface area contributed by atoms with E-state index in [-0.39, 0.29) is 0 Å². The Labute approximate surface area is 128 Å². The molecule has 0 aromatic heterocycles. The number of nitrogens with two attached hydrogens (primary N) is 1. The molecular weight excluding hydrogens is 264 g/mol. The molecule has 3 atom stereocenters. The van der Waals surface area contributed by atoms with Gasteiger partial charge in [0, 0.05) is 32.3 Å². The van der Waals surface area contributed by atoms with Crippen molar-refractivity contribution in [2.75, 3.05) is 27.3 Å². The molecule has 1 aliphatic rings. The van der Waals surface area contributed by atoms with Crippen LogP contribution in [0, 0.1) is 0 Å². The molecule has 0 radical (unpaired) electrons. The number of ether oxygens (including phenoxy) is 2. The van der Waals surface area contributed by atoms with Crippen LogP contribution in [-0.4, -0.2) is 44.4 Å². The molecule has 1 aliphatic heterocycles. The van der Waals surface area contributed by atoms with E-state index in [1.807, 2.05) is 12.1 Å². The number of rotatable bonds is 6. The molecule has 118 valence electrons. The zero-order valence-corrected chi connectivity index (χ0v) is 13.4. The second-order valence-electron chi connectivity index (χ2n) is 5.71. The molecule has 21 heavy (non-hydrogen) atoms. The highest BCUT2D eigenvalue weighted by Crippen LogP contribution is 2.32. The fourth-order valence-corrected chi connectivity index (χ4v) is 3.38. The fraction of sp³-hybridized carbons (Fsp3) is 0.647. The van der Waals surface area contributed by atoms with Gasteiger partial charge >= 0.3 is 0 Å². The Kier molecular flexibility index (Phi) is 6.03. The minimum Gasteiger partial charge on any atom is -0.497 e. The summed E-state index contributed by atoms with van der Waals surface area (Å²) in [6.07, 6.45) is 3.54. The molecule has 2 rings (SSSR count). The minimum absolute atomic E-state index is 0.350. The van der Waals surface area contributed by atoms with Crippen LogP contribution < -0.4 is 10.5 Å². The Balaban J connectivity index is 2.15. The zero-order valence-electron chi connectivity index (χ0n) is 13.4. The van der Waals surface area contributed by atoms with Gasteiger partial charge in [-0.3, -0.25) is 4.90 Å². The Morgan fingerprint density at radius 1 is 1.29 bits per heavy atom. The lowest BCUT2D eigenvalue weighted by Crippen LogP contribution is -2.49. The monoisotopic (exact) mass is 292 g/mol. The summed E-state index contributed by atoms with van der Waals surface area (Å²) in [5.41, 5.74) is 7.35. The minimum atomic E-state index is 0.350. The predicted octanol–water partition coefficient (Wildman–Crippen LogP) is 2.58. The van der Waals surface area contributed by atoms with Crippen molar-refractivity contribution in [1.29, 1.82) is 0 Å². The third-order valence-corrected chi connectivity index (χ3v) is 4.61. The summed E-state index contributed by atoms with van der Waals surface area (Å²) in [6, 6.07) is 9.23. The van der Waals surface area contributed by atoms with E-state index in [9.17, 15) is 0 Å². The lowest BCUT2D eigenvalue weighted by Gasteiger charge is -2.43. The van der Waals surface area contributed by atoms with Crippen molar-refractivity contribution in [3.63, 3.8) is 0 Å². The van der Waals surface area contributed by atoms with Crippen LogP contribution in [0.1, 0.15) is 37.8 Å². The molecule has 2 N–H and O–H groups in total. The first kappa shape index (κ1) is 16.3. The number of piperidine rings is 1. The molecule has 4 heteroatoms. The highest BCUT2D eigenvalue weighted by molar-refractivity contribution is 5.29. The summed E-state index contributed by atoms with van der Waals surface area (Å²) in [5, 5.41) is 0. The number of likely N-dealkylation sites (tertiary alicyclic amines) is 1. The van der Waals surface area contributed by atoms with Gasteiger partial charge in [0.15, 0.2) is 0 Å². The summed E-state index contributed by atoms with van der Waals surface area (Å²) in [4.78, 5) is 2.55. The average Bonchev–Trinajstić information content (AvgIpc) is 2.56. The average molecular weight is 292 g/mol. The van der Waals surface area contributed by atoms with Gasteiger partial charge in [0.2, 0.25) is 0 Å². The SMILES string of the molecule is CCC(c1ccc(OC)cc1)N1CCC(OC)CC1CN. The van der Waals surface area contributed by atoms with E-state index in [0.29, 0.717) is 24.7 Å². The maximum atomic E-state index is 6.01. The molecule has 1 aromatic rings. The third-order valence-electron chi connectivity index (χ3n) is 4.61. The van der Waals surface area contributed by atoms with E-state index >= 15 is 0 Å². The Morgan fingerprint density at radius 3 is 2.52 bits per heavy atom. The molecule has 0 aliphatic carbocycles. The zero-order chi connectivity index (χ0) is 15.2. The van der Waals surface area contributed by atoms with Crippen LogP contribution >= 0.6 is 0 Å². The van der Waals surface area contributed by atoms with Crippen molar-refractivity contribution in [2.24, 2.45) is 5.73 Å². The van der Waals surface area contributed by atoms with Crippen LogP contribution in [-0.2, 0) is 4.74 Å². The van der Waals surface area contributed by atoms with E-state index in [0.717, 1.165) is 31.6 Å². The van der Waals surface area contributed by atoms with Crippen LogP contribution in [0.5, 0.6) is 5.75 Å². The van der Waals surface area contributed by atoms with Crippen molar-refractivity contribution in [3.8, 4) is 5.75 Å².